The van der Waals surface area contributed by atoms with Gasteiger partial charge in [0.2, 0.25) is 0 Å². The van der Waals surface area contributed by atoms with Gasteiger partial charge in [-0.2, -0.15) is 0 Å². The largest absolute Gasteiger partial charge is 0.363 e. The molecule has 0 spiro atoms. The summed E-state index contributed by atoms with van der Waals surface area (Å²) in [5, 5.41) is 2.94. The van der Waals surface area contributed by atoms with Gasteiger partial charge in [-0.15, -0.1) is 0 Å². The average molecular weight is 329 g/mol. The lowest BCUT2D eigenvalue weighted by molar-refractivity contribution is 0.0951. The number of aromatic nitrogens is 1. The van der Waals surface area contributed by atoms with E-state index in [2.05, 4.69) is 39.5 Å². The van der Waals surface area contributed by atoms with Crippen LogP contribution in [0.1, 0.15) is 27.0 Å². The minimum absolute atomic E-state index is 0.0620. The van der Waals surface area contributed by atoms with Crippen molar-refractivity contribution in [3.63, 3.8) is 0 Å². The highest BCUT2D eigenvalue weighted by Gasteiger charge is 2.18. The maximum atomic E-state index is 12.3. The van der Waals surface area contributed by atoms with Crippen LogP contribution in [0.2, 0.25) is 0 Å². The quantitative estimate of drug-likeness (QED) is 0.796. The summed E-state index contributed by atoms with van der Waals surface area (Å²) in [6, 6.07) is 20.1. The van der Waals surface area contributed by atoms with E-state index in [0.29, 0.717) is 12.1 Å². The molecule has 1 aromatic heterocycles. The maximum absolute atomic E-state index is 12.3. The molecule has 4 rings (SSSR count). The first-order valence-corrected chi connectivity index (χ1v) is 8.38. The molecule has 0 fully saturated rings. The number of carbonyl (C=O) groups is 1. The number of nitrogens with one attached hydrogen (secondary N) is 1. The van der Waals surface area contributed by atoms with Crippen molar-refractivity contribution >= 4 is 11.6 Å². The fraction of sp³-hybridized carbons (Fsp3) is 0.143. The van der Waals surface area contributed by atoms with E-state index in [4.69, 9.17) is 0 Å². The summed E-state index contributed by atoms with van der Waals surface area (Å²) in [7, 11) is 0. The maximum Gasteiger partial charge on any atom is 0.251 e. The Morgan fingerprint density at radius 2 is 1.56 bits per heavy atom. The van der Waals surface area contributed by atoms with E-state index in [-0.39, 0.29) is 5.91 Å². The van der Waals surface area contributed by atoms with Crippen molar-refractivity contribution < 1.29 is 4.79 Å². The molecular weight excluding hydrogens is 310 g/mol. The highest BCUT2D eigenvalue weighted by molar-refractivity contribution is 5.94. The fourth-order valence-corrected chi connectivity index (χ4v) is 3.12. The number of anilines is 1. The summed E-state index contributed by atoms with van der Waals surface area (Å²) in [5.74, 6) is -0.0620. The summed E-state index contributed by atoms with van der Waals surface area (Å²) in [6.45, 7) is 2.35. The van der Waals surface area contributed by atoms with Crippen molar-refractivity contribution in [2.24, 2.45) is 0 Å². The van der Waals surface area contributed by atoms with Gasteiger partial charge in [0.15, 0.2) is 0 Å². The molecule has 1 aliphatic rings. The molecule has 0 saturated carbocycles. The van der Waals surface area contributed by atoms with E-state index >= 15 is 0 Å². The Balaban J connectivity index is 1.40. The van der Waals surface area contributed by atoms with Crippen LogP contribution < -0.4 is 10.2 Å². The SMILES string of the molecule is O=C(NCc1ccncc1)c1ccc(N2Cc3ccccc3C2)cc1. The van der Waals surface area contributed by atoms with Crippen molar-refractivity contribution in [2.75, 3.05) is 4.90 Å². The Bertz CT molecular complexity index is 850. The summed E-state index contributed by atoms with van der Waals surface area (Å²) < 4.78 is 0. The first kappa shape index (κ1) is 15.4. The molecule has 0 unspecified atom stereocenters. The fourth-order valence-electron chi connectivity index (χ4n) is 3.12. The zero-order valence-corrected chi connectivity index (χ0v) is 13.9. The summed E-state index contributed by atoms with van der Waals surface area (Å²) in [6.07, 6.45) is 3.45. The molecule has 0 atom stereocenters. The minimum atomic E-state index is -0.0620. The normalized spacial score (nSPS) is 12.7. The van der Waals surface area contributed by atoms with Crippen molar-refractivity contribution in [1.29, 1.82) is 0 Å². The topological polar surface area (TPSA) is 45.2 Å². The third-order valence-electron chi connectivity index (χ3n) is 4.54. The molecular formula is C21H19N3O. The van der Waals surface area contributed by atoms with Crippen LogP contribution in [0.25, 0.3) is 0 Å². The highest BCUT2D eigenvalue weighted by atomic mass is 16.1. The number of rotatable bonds is 4. The molecule has 1 N–H and O–H groups in total. The molecule has 0 radical (unpaired) electrons. The predicted molar refractivity (Wildman–Crippen MR) is 98.2 cm³/mol. The van der Waals surface area contributed by atoms with Crippen molar-refractivity contribution in [3.05, 3.63) is 95.3 Å². The zero-order valence-electron chi connectivity index (χ0n) is 13.9. The van der Waals surface area contributed by atoms with E-state index < -0.39 is 0 Å². The summed E-state index contributed by atoms with van der Waals surface area (Å²) >= 11 is 0. The van der Waals surface area contributed by atoms with E-state index in [1.165, 1.54) is 11.1 Å². The van der Waals surface area contributed by atoms with Gasteiger partial charge >= 0.3 is 0 Å². The predicted octanol–water partition coefficient (Wildman–Crippen LogP) is 3.53. The van der Waals surface area contributed by atoms with Gasteiger partial charge in [-0.3, -0.25) is 9.78 Å². The van der Waals surface area contributed by atoms with Gasteiger partial charge in [0.05, 0.1) is 0 Å². The van der Waals surface area contributed by atoms with Gasteiger partial charge in [-0.05, 0) is 53.1 Å². The lowest BCUT2D eigenvalue weighted by atomic mass is 10.1. The number of hydrogen-bond acceptors (Lipinski definition) is 3. The van der Waals surface area contributed by atoms with Gasteiger partial charge in [0.25, 0.3) is 5.91 Å². The average Bonchev–Trinajstić information content (AvgIpc) is 3.11. The second kappa shape index (κ2) is 6.77. The molecule has 4 heteroatoms. The van der Waals surface area contributed by atoms with Crippen LogP contribution >= 0.6 is 0 Å². The van der Waals surface area contributed by atoms with Crippen LogP contribution in [-0.2, 0) is 19.6 Å². The van der Waals surface area contributed by atoms with E-state index in [0.717, 1.165) is 24.3 Å². The Kier molecular flexibility index (Phi) is 4.17. The first-order valence-electron chi connectivity index (χ1n) is 8.38. The number of amides is 1. The van der Waals surface area contributed by atoms with Gasteiger partial charge in [-0.1, -0.05) is 24.3 Å². The van der Waals surface area contributed by atoms with Crippen LogP contribution in [-0.4, -0.2) is 10.9 Å². The molecule has 1 aliphatic heterocycles. The molecule has 0 bridgehead atoms. The molecule has 3 aromatic rings. The number of nitrogens with zero attached hydrogens (tertiary/aromatic N) is 2. The van der Waals surface area contributed by atoms with E-state index in [1.54, 1.807) is 12.4 Å². The third kappa shape index (κ3) is 3.38. The van der Waals surface area contributed by atoms with Crippen LogP contribution in [0.15, 0.2) is 73.1 Å². The third-order valence-corrected chi connectivity index (χ3v) is 4.54. The molecule has 1 amide bonds. The second-order valence-electron chi connectivity index (χ2n) is 6.21. The molecule has 0 aliphatic carbocycles. The van der Waals surface area contributed by atoms with E-state index in [1.807, 2.05) is 36.4 Å². The van der Waals surface area contributed by atoms with Crippen LogP contribution in [0, 0.1) is 0 Å². The van der Waals surface area contributed by atoms with Crippen molar-refractivity contribution in [2.45, 2.75) is 19.6 Å². The standard InChI is InChI=1S/C21H19N3O/c25-21(23-13-16-9-11-22-12-10-16)17-5-7-20(8-6-17)24-14-18-3-1-2-4-19(18)15-24/h1-12H,13-15H2,(H,23,25). The second-order valence-corrected chi connectivity index (χ2v) is 6.21. The summed E-state index contributed by atoms with van der Waals surface area (Å²) in [5.41, 5.74) is 5.61. The Labute approximate surface area is 147 Å². The Morgan fingerprint density at radius 3 is 2.20 bits per heavy atom. The zero-order chi connectivity index (χ0) is 17.1. The van der Waals surface area contributed by atoms with Gasteiger partial charge in [0, 0.05) is 43.3 Å². The van der Waals surface area contributed by atoms with Crippen molar-refractivity contribution in [1.82, 2.24) is 10.3 Å². The molecule has 0 saturated heterocycles. The lowest BCUT2D eigenvalue weighted by Crippen LogP contribution is -2.23. The highest BCUT2D eigenvalue weighted by Crippen LogP contribution is 2.28. The lowest BCUT2D eigenvalue weighted by Gasteiger charge is -2.18. The number of pyridine rings is 1. The van der Waals surface area contributed by atoms with Gasteiger partial charge in [-0.25, -0.2) is 0 Å². The van der Waals surface area contributed by atoms with Crippen molar-refractivity contribution in [3.8, 4) is 0 Å². The van der Waals surface area contributed by atoms with Gasteiger partial charge in [0.1, 0.15) is 0 Å². The first-order chi connectivity index (χ1) is 12.3. The molecule has 4 nitrogen and oxygen atoms in total. The van der Waals surface area contributed by atoms with Crippen LogP contribution in [0.4, 0.5) is 5.69 Å². The Morgan fingerprint density at radius 1 is 0.920 bits per heavy atom. The minimum Gasteiger partial charge on any atom is -0.363 e. The van der Waals surface area contributed by atoms with E-state index in [9.17, 15) is 4.79 Å². The smallest absolute Gasteiger partial charge is 0.251 e. The Hall–Kier alpha value is -3.14. The number of fused-ring (bicyclic) bond motifs is 1. The number of carbonyl (C=O) groups excluding carboxylic acids is 1. The molecule has 25 heavy (non-hydrogen) atoms. The molecule has 2 aromatic carbocycles. The molecule has 2 heterocycles. The van der Waals surface area contributed by atoms with Crippen LogP contribution in [0.3, 0.4) is 0 Å². The number of benzene rings is 2. The summed E-state index contributed by atoms with van der Waals surface area (Å²) in [4.78, 5) is 18.6. The number of hydrogen-bond donors (Lipinski definition) is 1. The molecule has 124 valence electrons. The monoisotopic (exact) mass is 329 g/mol. The van der Waals surface area contributed by atoms with Crippen LogP contribution in [0.5, 0.6) is 0 Å². The van der Waals surface area contributed by atoms with Gasteiger partial charge < -0.3 is 10.2 Å².